The Bertz CT molecular complexity index is 1190. The number of halogens is 1. The molecule has 0 saturated carbocycles. The van der Waals surface area contributed by atoms with E-state index in [0.29, 0.717) is 29.4 Å². The van der Waals surface area contributed by atoms with E-state index in [2.05, 4.69) is 4.98 Å². The van der Waals surface area contributed by atoms with Crippen LogP contribution in [0.15, 0.2) is 53.4 Å². The van der Waals surface area contributed by atoms with E-state index in [4.69, 9.17) is 11.6 Å². The maximum absolute atomic E-state index is 13.0. The normalized spacial score (nSPS) is 13.9. The van der Waals surface area contributed by atoms with Crippen LogP contribution < -0.4 is 4.90 Å². The second kappa shape index (κ2) is 6.84. The Labute approximate surface area is 168 Å². The van der Waals surface area contributed by atoms with E-state index in [9.17, 15) is 13.2 Å². The van der Waals surface area contributed by atoms with Crippen LogP contribution in [0.3, 0.4) is 0 Å². The molecule has 0 N–H and O–H groups in total. The van der Waals surface area contributed by atoms with Crippen molar-refractivity contribution in [1.29, 1.82) is 0 Å². The number of sulfonamides is 1. The minimum absolute atomic E-state index is 0.150. The zero-order chi connectivity index (χ0) is 20.1. The van der Waals surface area contributed by atoms with Crippen LogP contribution in [0.4, 0.5) is 5.82 Å². The van der Waals surface area contributed by atoms with Gasteiger partial charge in [0.05, 0.1) is 10.4 Å². The van der Waals surface area contributed by atoms with Crippen LogP contribution in [-0.2, 0) is 16.4 Å². The maximum Gasteiger partial charge on any atom is 0.259 e. The molecule has 1 aliphatic heterocycles. The Kier molecular flexibility index (Phi) is 4.61. The quantitative estimate of drug-likeness (QED) is 0.657. The molecule has 0 aliphatic carbocycles. The van der Waals surface area contributed by atoms with Crippen molar-refractivity contribution < 1.29 is 13.2 Å². The van der Waals surface area contributed by atoms with Crippen molar-refractivity contribution in [2.75, 3.05) is 25.5 Å². The molecule has 4 rings (SSSR count). The molecule has 0 fully saturated rings. The highest BCUT2D eigenvalue weighted by atomic mass is 35.5. The average molecular weight is 416 g/mol. The Morgan fingerprint density at radius 3 is 2.50 bits per heavy atom. The number of carbonyl (C=O) groups is 1. The van der Waals surface area contributed by atoms with Gasteiger partial charge in [-0.3, -0.25) is 9.69 Å². The Morgan fingerprint density at radius 1 is 1.11 bits per heavy atom. The first-order valence-corrected chi connectivity index (χ1v) is 10.5. The zero-order valence-corrected chi connectivity index (χ0v) is 17.0. The van der Waals surface area contributed by atoms with Crippen molar-refractivity contribution >= 4 is 44.3 Å². The van der Waals surface area contributed by atoms with E-state index in [-0.39, 0.29) is 10.8 Å². The third-order valence-corrected chi connectivity index (χ3v) is 6.88. The lowest BCUT2D eigenvalue weighted by atomic mass is 10.1. The Hall–Kier alpha value is -2.48. The molecular formula is C20H18ClN3O3S. The van der Waals surface area contributed by atoms with Crippen LogP contribution in [0.5, 0.6) is 0 Å². The van der Waals surface area contributed by atoms with Crippen molar-refractivity contribution in [2.24, 2.45) is 0 Å². The monoisotopic (exact) mass is 415 g/mol. The van der Waals surface area contributed by atoms with Gasteiger partial charge in [0.1, 0.15) is 5.82 Å². The molecule has 8 heteroatoms. The first kappa shape index (κ1) is 18.9. The van der Waals surface area contributed by atoms with Gasteiger partial charge in [0.25, 0.3) is 5.91 Å². The van der Waals surface area contributed by atoms with E-state index in [0.717, 1.165) is 20.8 Å². The molecule has 1 amide bonds. The van der Waals surface area contributed by atoms with E-state index in [1.54, 1.807) is 11.0 Å². The van der Waals surface area contributed by atoms with Crippen molar-refractivity contribution in [2.45, 2.75) is 11.3 Å². The summed E-state index contributed by atoms with van der Waals surface area (Å²) in [6.07, 6.45) is 0.712. The number of fused-ring (bicyclic) bond motifs is 2. The molecule has 1 aromatic heterocycles. The van der Waals surface area contributed by atoms with Crippen LogP contribution in [0.25, 0.3) is 10.9 Å². The topological polar surface area (TPSA) is 70.6 Å². The fraction of sp³-hybridized carbons (Fsp3) is 0.200. The molecule has 0 spiro atoms. The number of nitrogens with zero attached hydrogens (tertiary/aromatic N) is 3. The lowest BCUT2D eigenvalue weighted by molar-refractivity contribution is 0.0988. The molecule has 0 saturated heterocycles. The van der Waals surface area contributed by atoms with Crippen molar-refractivity contribution in [3.8, 4) is 0 Å². The molecule has 0 bridgehead atoms. The SMILES string of the molecule is CN(C)S(=O)(=O)c1ccc(C(=O)N2CCc3cc4cc(Cl)ccc4nc32)cc1. The van der Waals surface area contributed by atoms with Gasteiger partial charge < -0.3 is 0 Å². The van der Waals surface area contributed by atoms with Crippen LogP contribution in [-0.4, -0.2) is 44.3 Å². The number of rotatable bonds is 3. The fourth-order valence-corrected chi connectivity index (χ4v) is 4.35. The third kappa shape index (κ3) is 3.15. The summed E-state index contributed by atoms with van der Waals surface area (Å²) in [4.78, 5) is 19.4. The lowest BCUT2D eigenvalue weighted by Gasteiger charge is -2.17. The number of aromatic nitrogens is 1. The number of pyridine rings is 1. The van der Waals surface area contributed by atoms with Gasteiger partial charge in [-0.05, 0) is 60.5 Å². The van der Waals surface area contributed by atoms with Crippen molar-refractivity contribution in [1.82, 2.24) is 9.29 Å². The van der Waals surface area contributed by atoms with E-state index < -0.39 is 10.0 Å². The number of hydrogen-bond acceptors (Lipinski definition) is 4. The highest BCUT2D eigenvalue weighted by molar-refractivity contribution is 7.89. The predicted molar refractivity (Wildman–Crippen MR) is 109 cm³/mol. The largest absolute Gasteiger partial charge is 0.292 e. The summed E-state index contributed by atoms with van der Waals surface area (Å²) in [6, 6.07) is 13.5. The van der Waals surface area contributed by atoms with Crippen LogP contribution >= 0.6 is 11.6 Å². The minimum Gasteiger partial charge on any atom is -0.292 e. The van der Waals surface area contributed by atoms with E-state index in [1.807, 2.05) is 18.2 Å². The third-order valence-electron chi connectivity index (χ3n) is 4.82. The Balaban J connectivity index is 1.67. The molecule has 144 valence electrons. The van der Waals surface area contributed by atoms with Gasteiger partial charge in [0.2, 0.25) is 10.0 Å². The standard InChI is InChI=1S/C20H18ClN3O3S/c1-23(2)28(26,27)17-6-3-13(4-7-17)20(25)24-10-9-14-11-15-12-16(21)5-8-18(15)22-19(14)24/h3-8,11-12H,9-10H2,1-2H3. The summed E-state index contributed by atoms with van der Waals surface area (Å²) < 4.78 is 25.5. The van der Waals surface area contributed by atoms with Crippen molar-refractivity contribution in [3.63, 3.8) is 0 Å². The van der Waals surface area contributed by atoms with Crippen LogP contribution in [0.1, 0.15) is 15.9 Å². The summed E-state index contributed by atoms with van der Waals surface area (Å²) in [5.74, 6) is 0.443. The second-order valence-electron chi connectivity index (χ2n) is 6.83. The van der Waals surface area contributed by atoms with Gasteiger partial charge in [-0.2, -0.15) is 0 Å². The predicted octanol–water partition coefficient (Wildman–Crippen LogP) is 3.34. The zero-order valence-electron chi connectivity index (χ0n) is 15.4. The molecule has 0 atom stereocenters. The molecule has 1 aliphatic rings. The Morgan fingerprint density at radius 2 is 1.82 bits per heavy atom. The number of carbonyl (C=O) groups excluding carboxylic acids is 1. The molecular weight excluding hydrogens is 398 g/mol. The van der Waals surface area contributed by atoms with Crippen LogP contribution in [0.2, 0.25) is 5.02 Å². The van der Waals surface area contributed by atoms with Gasteiger partial charge >= 0.3 is 0 Å². The summed E-state index contributed by atoms with van der Waals surface area (Å²) in [6.45, 7) is 0.531. The maximum atomic E-state index is 13.0. The summed E-state index contributed by atoms with van der Waals surface area (Å²) in [7, 11) is -0.588. The van der Waals surface area contributed by atoms with E-state index in [1.165, 1.54) is 38.4 Å². The molecule has 2 heterocycles. The molecule has 3 aromatic rings. The van der Waals surface area contributed by atoms with E-state index >= 15 is 0 Å². The number of benzene rings is 2. The molecule has 0 unspecified atom stereocenters. The molecule has 28 heavy (non-hydrogen) atoms. The minimum atomic E-state index is -3.53. The number of hydrogen-bond donors (Lipinski definition) is 0. The van der Waals surface area contributed by atoms with Gasteiger partial charge in [0.15, 0.2) is 0 Å². The summed E-state index contributed by atoms with van der Waals surface area (Å²) in [5.41, 5.74) is 2.19. The average Bonchev–Trinajstić information content (AvgIpc) is 3.08. The van der Waals surface area contributed by atoms with Crippen molar-refractivity contribution in [3.05, 3.63) is 64.7 Å². The summed E-state index contributed by atoms with van der Waals surface area (Å²) in [5, 5.41) is 1.59. The highest BCUT2D eigenvalue weighted by Crippen LogP contribution is 2.31. The smallest absolute Gasteiger partial charge is 0.259 e. The number of amides is 1. The van der Waals surface area contributed by atoms with Gasteiger partial charge in [-0.15, -0.1) is 0 Å². The molecule has 6 nitrogen and oxygen atoms in total. The fourth-order valence-electron chi connectivity index (χ4n) is 3.27. The molecule has 2 aromatic carbocycles. The first-order chi connectivity index (χ1) is 13.3. The number of anilines is 1. The lowest BCUT2D eigenvalue weighted by Crippen LogP contribution is -2.29. The first-order valence-electron chi connectivity index (χ1n) is 8.71. The highest BCUT2D eigenvalue weighted by Gasteiger charge is 2.28. The van der Waals surface area contributed by atoms with Crippen LogP contribution in [0, 0.1) is 0 Å². The van der Waals surface area contributed by atoms with Gasteiger partial charge in [-0.25, -0.2) is 17.7 Å². The van der Waals surface area contributed by atoms with Gasteiger partial charge in [0, 0.05) is 36.6 Å². The summed E-state index contributed by atoms with van der Waals surface area (Å²) >= 11 is 6.05. The molecule has 0 radical (unpaired) electrons. The second-order valence-corrected chi connectivity index (χ2v) is 9.41. The van der Waals surface area contributed by atoms with Gasteiger partial charge in [-0.1, -0.05) is 11.6 Å².